The molecule has 3 rings (SSSR count). The third-order valence-electron chi connectivity index (χ3n) is 4.67. The fourth-order valence-corrected chi connectivity index (χ4v) is 3.16. The maximum Gasteiger partial charge on any atom is 0.229 e. The number of carbonyl (C=O) groups excluding carboxylic acids is 1. The van der Waals surface area contributed by atoms with E-state index in [4.69, 9.17) is 9.26 Å². The van der Waals surface area contributed by atoms with Crippen LogP contribution in [0.5, 0.6) is 5.75 Å². The number of methoxy groups -OCH3 is 1. The molecule has 1 aliphatic rings. The van der Waals surface area contributed by atoms with Crippen molar-refractivity contribution in [1.82, 2.24) is 15.0 Å². The highest BCUT2D eigenvalue weighted by Crippen LogP contribution is 2.27. The molecule has 0 bridgehead atoms. The number of amides is 1. The van der Waals surface area contributed by atoms with Crippen LogP contribution in [0.2, 0.25) is 0 Å². The van der Waals surface area contributed by atoms with Crippen molar-refractivity contribution in [1.29, 1.82) is 0 Å². The number of ether oxygens (including phenoxy) is 1. The van der Waals surface area contributed by atoms with Crippen molar-refractivity contribution in [3.05, 3.63) is 41.5 Å². The molecule has 1 saturated heterocycles. The Morgan fingerprint density at radius 3 is 2.64 bits per heavy atom. The number of rotatable bonds is 6. The van der Waals surface area contributed by atoms with Gasteiger partial charge in [0.05, 0.1) is 13.5 Å². The van der Waals surface area contributed by atoms with E-state index in [1.807, 2.05) is 29.2 Å². The van der Waals surface area contributed by atoms with Crippen LogP contribution in [0.1, 0.15) is 49.4 Å². The fraction of sp³-hybridized carbons (Fsp3) is 0.526. The van der Waals surface area contributed by atoms with Crippen molar-refractivity contribution in [2.24, 2.45) is 0 Å². The summed E-state index contributed by atoms with van der Waals surface area (Å²) in [6.07, 6.45) is 4.04. The predicted molar refractivity (Wildman–Crippen MR) is 93.5 cm³/mol. The van der Waals surface area contributed by atoms with E-state index in [-0.39, 0.29) is 11.8 Å². The molecule has 0 unspecified atom stereocenters. The molecule has 134 valence electrons. The van der Waals surface area contributed by atoms with Crippen molar-refractivity contribution in [2.75, 3.05) is 20.2 Å². The molecule has 0 N–H and O–H groups in total. The van der Waals surface area contributed by atoms with E-state index in [9.17, 15) is 4.79 Å². The van der Waals surface area contributed by atoms with Crippen molar-refractivity contribution in [3.63, 3.8) is 0 Å². The summed E-state index contributed by atoms with van der Waals surface area (Å²) in [4.78, 5) is 18.9. The quantitative estimate of drug-likeness (QED) is 0.806. The maximum absolute atomic E-state index is 12.5. The van der Waals surface area contributed by atoms with E-state index >= 15 is 0 Å². The Morgan fingerprint density at radius 2 is 2.00 bits per heavy atom. The van der Waals surface area contributed by atoms with Crippen molar-refractivity contribution in [3.8, 4) is 5.75 Å². The average Bonchev–Trinajstić information content (AvgIpc) is 3.11. The first-order valence-corrected chi connectivity index (χ1v) is 8.92. The SMILES string of the molecule is CCCc1noc(C2CCN(C(=O)Cc3ccc(OC)cc3)CC2)n1. The van der Waals surface area contributed by atoms with Crippen LogP contribution >= 0.6 is 0 Å². The molecule has 0 saturated carbocycles. The second-order valence-corrected chi connectivity index (χ2v) is 6.48. The smallest absolute Gasteiger partial charge is 0.229 e. The zero-order chi connectivity index (χ0) is 17.6. The summed E-state index contributed by atoms with van der Waals surface area (Å²) < 4.78 is 10.5. The predicted octanol–water partition coefficient (Wildman–Crippen LogP) is 2.98. The first kappa shape index (κ1) is 17.5. The minimum Gasteiger partial charge on any atom is -0.497 e. The Morgan fingerprint density at radius 1 is 1.28 bits per heavy atom. The third-order valence-corrected chi connectivity index (χ3v) is 4.67. The van der Waals surface area contributed by atoms with Crippen LogP contribution in [0, 0.1) is 0 Å². The molecule has 1 aromatic carbocycles. The van der Waals surface area contributed by atoms with Crippen LogP contribution in [-0.4, -0.2) is 41.1 Å². The Labute approximate surface area is 148 Å². The van der Waals surface area contributed by atoms with Crippen LogP contribution in [0.15, 0.2) is 28.8 Å². The normalized spacial score (nSPS) is 15.4. The first-order valence-electron chi connectivity index (χ1n) is 8.92. The molecule has 0 radical (unpaired) electrons. The van der Waals surface area contributed by atoms with Gasteiger partial charge in [-0.15, -0.1) is 0 Å². The number of aromatic nitrogens is 2. The van der Waals surface area contributed by atoms with Gasteiger partial charge in [-0.25, -0.2) is 0 Å². The molecule has 1 amide bonds. The van der Waals surface area contributed by atoms with Crippen LogP contribution in [0.25, 0.3) is 0 Å². The van der Waals surface area contributed by atoms with Crippen LogP contribution < -0.4 is 4.74 Å². The molecule has 25 heavy (non-hydrogen) atoms. The van der Waals surface area contributed by atoms with E-state index in [1.165, 1.54) is 0 Å². The number of hydrogen-bond donors (Lipinski definition) is 0. The number of piperidine rings is 1. The van der Waals surface area contributed by atoms with Gasteiger partial charge in [-0.05, 0) is 37.0 Å². The lowest BCUT2D eigenvalue weighted by Gasteiger charge is -2.30. The summed E-state index contributed by atoms with van der Waals surface area (Å²) in [5.74, 6) is 2.75. The summed E-state index contributed by atoms with van der Waals surface area (Å²) in [6, 6.07) is 7.66. The molecule has 0 atom stereocenters. The summed E-state index contributed by atoms with van der Waals surface area (Å²) in [6.45, 7) is 3.58. The minimum atomic E-state index is 0.167. The summed E-state index contributed by atoms with van der Waals surface area (Å²) in [5.41, 5.74) is 1.01. The fourth-order valence-electron chi connectivity index (χ4n) is 3.16. The molecule has 1 aliphatic heterocycles. The highest BCUT2D eigenvalue weighted by atomic mass is 16.5. The monoisotopic (exact) mass is 343 g/mol. The molecule has 6 heteroatoms. The number of likely N-dealkylation sites (tertiary alicyclic amines) is 1. The molecule has 1 fully saturated rings. The Kier molecular flexibility index (Phi) is 5.68. The Hall–Kier alpha value is -2.37. The average molecular weight is 343 g/mol. The maximum atomic E-state index is 12.5. The molecule has 0 aliphatic carbocycles. The van der Waals surface area contributed by atoms with Gasteiger partial charge in [0.25, 0.3) is 0 Å². The largest absolute Gasteiger partial charge is 0.497 e. The van der Waals surface area contributed by atoms with Gasteiger partial charge in [0.2, 0.25) is 11.8 Å². The second kappa shape index (κ2) is 8.14. The van der Waals surface area contributed by atoms with Crippen molar-refractivity contribution < 1.29 is 14.1 Å². The van der Waals surface area contributed by atoms with E-state index in [0.717, 1.165) is 61.8 Å². The molecule has 0 spiro atoms. The van der Waals surface area contributed by atoms with E-state index in [2.05, 4.69) is 17.1 Å². The summed E-state index contributed by atoms with van der Waals surface area (Å²) >= 11 is 0. The first-order chi connectivity index (χ1) is 12.2. The van der Waals surface area contributed by atoms with E-state index < -0.39 is 0 Å². The Balaban J connectivity index is 1.51. The topological polar surface area (TPSA) is 68.5 Å². The molecular formula is C19H25N3O3. The second-order valence-electron chi connectivity index (χ2n) is 6.48. The lowest BCUT2D eigenvalue weighted by atomic mass is 9.96. The number of aryl methyl sites for hydroxylation is 1. The van der Waals surface area contributed by atoms with E-state index in [0.29, 0.717) is 6.42 Å². The van der Waals surface area contributed by atoms with Gasteiger partial charge in [-0.2, -0.15) is 4.98 Å². The number of benzene rings is 1. The summed E-state index contributed by atoms with van der Waals surface area (Å²) in [5, 5.41) is 4.03. The lowest BCUT2D eigenvalue weighted by molar-refractivity contribution is -0.131. The van der Waals surface area contributed by atoms with Gasteiger partial charge < -0.3 is 14.2 Å². The third kappa shape index (κ3) is 4.38. The highest BCUT2D eigenvalue weighted by molar-refractivity contribution is 5.78. The zero-order valence-corrected chi connectivity index (χ0v) is 14.9. The van der Waals surface area contributed by atoms with Gasteiger partial charge in [0, 0.05) is 25.4 Å². The summed E-state index contributed by atoms with van der Waals surface area (Å²) in [7, 11) is 1.64. The molecular weight excluding hydrogens is 318 g/mol. The molecule has 2 aromatic rings. The van der Waals surface area contributed by atoms with Gasteiger partial charge in [0.15, 0.2) is 5.82 Å². The molecule has 1 aromatic heterocycles. The standard InChI is InChI=1S/C19H25N3O3/c1-3-4-17-20-19(25-21-17)15-9-11-22(12-10-15)18(23)13-14-5-7-16(24-2)8-6-14/h5-8,15H,3-4,9-13H2,1-2H3. The lowest BCUT2D eigenvalue weighted by Crippen LogP contribution is -2.38. The molecule has 6 nitrogen and oxygen atoms in total. The molecule has 2 heterocycles. The highest BCUT2D eigenvalue weighted by Gasteiger charge is 2.27. The van der Waals surface area contributed by atoms with Crippen molar-refractivity contribution >= 4 is 5.91 Å². The number of nitrogens with zero attached hydrogens (tertiary/aromatic N) is 3. The van der Waals surface area contributed by atoms with Crippen LogP contribution in [0.3, 0.4) is 0 Å². The van der Waals surface area contributed by atoms with E-state index in [1.54, 1.807) is 7.11 Å². The van der Waals surface area contributed by atoms with Gasteiger partial charge in [-0.3, -0.25) is 4.79 Å². The van der Waals surface area contributed by atoms with Gasteiger partial charge >= 0.3 is 0 Å². The van der Waals surface area contributed by atoms with Crippen LogP contribution in [0.4, 0.5) is 0 Å². The number of hydrogen-bond acceptors (Lipinski definition) is 5. The number of carbonyl (C=O) groups is 1. The zero-order valence-electron chi connectivity index (χ0n) is 14.9. The van der Waals surface area contributed by atoms with Gasteiger partial charge in [0.1, 0.15) is 5.75 Å². The minimum absolute atomic E-state index is 0.167. The van der Waals surface area contributed by atoms with Crippen molar-refractivity contribution in [2.45, 2.75) is 44.9 Å². The van der Waals surface area contributed by atoms with Gasteiger partial charge in [-0.1, -0.05) is 24.2 Å². The van der Waals surface area contributed by atoms with Crippen LogP contribution in [-0.2, 0) is 17.6 Å². The Bertz CT molecular complexity index is 688.